The minimum Gasteiger partial charge on any atom is -0.462 e. The van der Waals surface area contributed by atoms with Gasteiger partial charge in [-0.25, -0.2) is 4.79 Å². The van der Waals surface area contributed by atoms with Gasteiger partial charge in [-0.3, -0.25) is 0 Å². The summed E-state index contributed by atoms with van der Waals surface area (Å²) in [5.74, 6) is -0.358. The molecule has 5 heteroatoms. The molecule has 0 bridgehead atoms. The van der Waals surface area contributed by atoms with Gasteiger partial charge in [0.1, 0.15) is 0 Å². The van der Waals surface area contributed by atoms with Crippen LogP contribution in [0.4, 0.5) is 11.4 Å². The normalized spacial score (nSPS) is 10.2. The number of esters is 1. The molecule has 0 spiro atoms. The molecule has 2 aromatic carbocycles. The number of carbonyl (C=O) groups is 1. The quantitative estimate of drug-likeness (QED) is 0.653. The fraction of sp³-hybridized carbons (Fsp3) is 0.188. The van der Waals surface area contributed by atoms with Crippen molar-refractivity contribution in [1.82, 2.24) is 0 Å². The van der Waals surface area contributed by atoms with Crippen LogP contribution in [0.1, 0.15) is 22.8 Å². The molecule has 0 saturated carbocycles. The number of anilines is 2. The van der Waals surface area contributed by atoms with E-state index in [4.69, 9.17) is 22.1 Å². The molecular formula is C16H17ClN2O2. The molecular weight excluding hydrogens is 288 g/mol. The fourth-order valence-corrected chi connectivity index (χ4v) is 2.11. The Labute approximate surface area is 128 Å². The predicted molar refractivity (Wildman–Crippen MR) is 85.6 cm³/mol. The third kappa shape index (κ3) is 4.13. The molecule has 0 unspecified atom stereocenters. The molecule has 0 saturated heterocycles. The maximum Gasteiger partial charge on any atom is 0.338 e. The molecule has 0 fully saturated rings. The summed E-state index contributed by atoms with van der Waals surface area (Å²) in [4.78, 5) is 11.7. The first-order valence-corrected chi connectivity index (χ1v) is 7.03. The van der Waals surface area contributed by atoms with E-state index in [-0.39, 0.29) is 5.97 Å². The van der Waals surface area contributed by atoms with Crippen LogP contribution < -0.4 is 11.1 Å². The van der Waals surface area contributed by atoms with Crippen molar-refractivity contribution in [3.8, 4) is 0 Å². The smallest absolute Gasteiger partial charge is 0.338 e. The minimum atomic E-state index is -0.358. The van der Waals surface area contributed by atoms with E-state index >= 15 is 0 Å². The lowest BCUT2D eigenvalue weighted by atomic mass is 10.1. The molecule has 0 aromatic heterocycles. The standard InChI is InChI=1S/C16H17ClN2O2/c1-2-21-16(20)12-6-7-14(18)15(9-12)19-10-11-4-3-5-13(17)8-11/h3-9,19H,2,10,18H2,1H3. The SMILES string of the molecule is CCOC(=O)c1ccc(N)c(NCc2cccc(Cl)c2)c1. The Hall–Kier alpha value is -2.20. The number of nitrogens with one attached hydrogen (secondary N) is 1. The summed E-state index contributed by atoms with van der Waals surface area (Å²) in [6, 6.07) is 12.6. The highest BCUT2D eigenvalue weighted by atomic mass is 35.5. The highest BCUT2D eigenvalue weighted by molar-refractivity contribution is 6.30. The van der Waals surface area contributed by atoms with Gasteiger partial charge in [-0.2, -0.15) is 0 Å². The second-order valence-electron chi connectivity index (χ2n) is 4.51. The maximum absolute atomic E-state index is 11.7. The Balaban J connectivity index is 2.12. The van der Waals surface area contributed by atoms with Crippen LogP contribution in [0.25, 0.3) is 0 Å². The minimum absolute atomic E-state index is 0.342. The van der Waals surface area contributed by atoms with Crippen LogP contribution in [0.3, 0.4) is 0 Å². The first-order chi connectivity index (χ1) is 10.1. The zero-order valence-electron chi connectivity index (χ0n) is 11.7. The highest BCUT2D eigenvalue weighted by Gasteiger charge is 2.09. The number of hydrogen-bond acceptors (Lipinski definition) is 4. The summed E-state index contributed by atoms with van der Waals surface area (Å²) in [6.07, 6.45) is 0. The van der Waals surface area contributed by atoms with Crippen molar-refractivity contribution in [3.63, 3.8) is 0 Å². The first-order valence-electron chi connectivity index (χ1n) is 6.65. The average Bonchev–Trinajstić information content (AvgIpc) is 2.46. The highest BCUT2D eigenvalue weighted by Crippen LogP contribution is 2.22. The lowest BCUT2D eigenvalue weighted by Gasteiger charge is -2.11. The monoisotopic (exact) mass is 304 g/mol. The van der Waals surface area contributed by atoms with E-state index in [9.17, 15) is 4.79 Å². The molecule has 2 rings (SSSR count). The number of nitrogen functional groups attached to an aromatic ring is 1. The van der Waals surface area contributed by atoms with E-state index < -0.39 is 0 Å². The van der Waals surface area contributed by atoms with Gasteiger partial charge in [0.15, 0.2) is 0 Å². The van der Waals surface area contributed by atoms with E-state index in [1.54, 1.807) is 25.1 Å². The van der Waals surface area contributed by atoms with Crippen LogP contribution in [-0.2, 0) is 11.3 Å². The van der Waals surface area contributed by atoms with Crippen LogP contribution in [0.2, 0.25) is 5.02 Å². The second kappa shape index (κ2) is 6.99. The third-order valence-corrected chi connectivity index (χ3v) is 3.17. The van der Waals surface area contributed by atoms with Crippen molar-refractivity contribution in [2.75, 3.05) is 17.7 Å². The molecule has 0 heterocycles. The van der Waals surface area contributed by atoms with Crippen molar-refractivity contribution >= 4 is 28.9 Å². The van der Waals surface area contributed by atoms with Crippen molar-refractivity contribution in [2.45, 2.75) is 13.5 Å². The molecule has 0 radical (unpaired) electrons. The van der Waals surface area contributed by atoms with Crippen molar-refractivity contribution in [1.29, 1.82) is 0 Å². The van der Waals surface area contributed by atoms with Crippen LogP contribution in [0.15, 0.2) is 42.5 Å². The number of halogens is 1. The summed E-state index contributed by atoms with van der Waals surface area (Å²) in [6.45, 7) is 2.68. The number of benzene rings is 2. The van der Waals surface area contributed by atoms with Gasteiger partial charge in [0.25, 0.3) is 0 Å². The van der Waals surface area contributed by atoms with Gasteiger partial charge in [-0.1, -0.05) is 23.7 Å². The molecule has 3 N–H and O–H groups in total. The van der Waals surface area contributed by atoms with Crippen LogP contribution in [0.5, 0.6) is 0 Å². The molecule has 4 nitrogen and oxygen atoms in total. The van der Waals surface area contributed by atoms with Crippen LogP contribution in [0, 0.1) is 0 Å². The number of carbonyl (C=O) groups excluding carboxylic acids is 1. The number of rotatable bonds is 5. The van der Waals surface area contributed by atoms with E-state index in [0.29, 0.717) is 35.1 Å². The maximum atomic E-state index is 11.7. The molecule has 110 valence electrons. The Morgan fingerprint density at radius 1 is 1.29 bits per heavy atom. The molecule has 0 aliphatic rings. The molecule has 0 aliphatic heterocycles. The summed E-state index contributed by atoms with van der Waals surface area (Å²) in [5.41, 5.74) is 8.69. The average molecular weight is 305 g/mol. The lowest BCUT2D eigenvalue weighted by Crippen LogP contribution is -2.07. The fourth-order valence-electron chi connectivity index (χ4n) is 1.89. The van der Waals surface area contributed by atoms with E-state index in [1.807, 2.05) is 24.3 Å². The van der Waals surface area contributed by atoms with Gasteiger partial charge in [-0.15, -0.1) is 0 Å². The van der Waals surface area contributed by atoms with Crippen molar-refractivity contribution < 1.29 is 9.53 Å². The van der Waals surface area contributed by atoms with Gasteiger partial charge in [0.05, 0.1) is 23.5 Å². The van der Waals surface area contributed by atoms with Crippen LogP contribution in [-0.4, -0.2) is 12.6 Å². The van der Waals surface area contributed by atoms with E-state index in [1.165, 1.54) is 0 Å². The summed E-state index contributed by atoms with van der Waals surface area (Å²) >= 11 is 5.95. The van der Waals surface area contributed by atoms with Crippen LogP contribution >= 0.6 is 11.6 Å². The summed E-state index contributed by atoms with van der Waals surface area (Å²) in [7, 11) is 0. The Morgan fingerprint density at radius 2 is 2.10 bits per heavy atom. The Kier molecular flexibility index (Phi) is 5.06. The van der Waals surface area contributed by atoms with Gasteiger partial charge in [0, 0.05) is 11.6 Å². The zero-order valence-corrected chi connectivity index (χ0v) is 12.5. The van der Waals surface area contributed by atoms with E-state index in [2.05, 4.69) is 5.32 Å². The Morgan fingerprint density at radius 3 is 2.81 bits per heavy atom. The lowest BCUT2D eigenvalue weighted by molar-refractivity contribution is 0.0526. The number of ether oxygens (including phenoxy) is 1. The predicted octanol–water partition coefficient (Wildman–Crippen LogP) is 3.71. The number of hydrogen-bond donors (Lipinski definition) is 2. The van der Waals surface area contributed by atoms with Crippen molar-refractivity contribution in [2.24, 2.45) is 0 Å². The largest absolute Gasteiger partial charge is 0.462 e. The molecule has 21 heavy (non-hydrogen) atoms. The first kappa shape index (κ1) is 15.2. The van der Waals surface area contributed by atoms with Gasteiger partial charge < -0.3 is 15.8 Å². The third-order valence-electron chi connectivity index (χ3n) is 2.94. The zero-order chi connectivity index (χ0) is 15.2. The Bertz CT molecular complexity index is 644. The van der Waals surface area contributed by atoms with Gasteiger partial charge >= 0.3 is 5.97 Å². The molecule has 0 amide bonds. The topological polar surface area (TPSA) is 64.3 Å². The van der Waals surface area contributed by atoms with Gasteiger partial charge in [0.2, 0.25) is 0 Å². The molecule has 2 aromatic rings. The van der Waals surface area contributed by atoms with Gasteiger partial charge in [-0.05, 0) is 42.8 Å². The second-order valence-corrected chi connectivity index (χ2v) is 4.94. The molecule has 0 aliphatic carbocycles. The summed E-state index contributed by atoms with van der Waals surface area (Å²) < 4.78 is 4.98. The van der Waals surface area contributed by atoms with E-state index in [0.717, 1.165) is 5.56 Å². The summed E-state index contributed by atoms with van der Waals surface area (Å²) in [5, 5.41) is 3.89. The number of nitrogens with two attached hydrogens (primary N) is 1. The van der Waals surface area contributed by atoms with Crippen molar-refractivity contribution in [3.05, 3.63) is 58.6 Å². The molecule has 0 atom stereocenters.